The van der Waals surface area contributed by atoms with E-state index >= 15 is 0 Å². The Labute approximate surface area is 244 Å². The molecule has 210 valence electrons. The van der Waals surface area contributed by atoms with Gasteiger partial charge in [-0.25, -0.2) is 0 Å². The summed E-state index contributed by atoms with van der Waals surface area (Å²) in [6.45, 7) is 2.97. The fraction of sp³-hybridized carbons (Fsp3) is 0.235. The van der Waals surface area contributed by atoms with Crippen LogP contribution < -0.4 is 20.5 Å². The molecule has 1 aromatic heterocycles. The number of hydrogen-bond acceptors (Lipinski definition) is 5. The molecule has 0 spiro atoms. The highest BCUT2D eigenvalue weighted by Crippen LogP contribution is 2.31. The first-order chi connectivity index (χ1) is 20.0. The van der Waals surface area contributed by atoms with Crippen molar-refractivity contribution < 1.29 is 19.1 Å². The van der Waals surface area contributed by atoms with E-state index in [0.29, 0.717) is 26.2 Å². The molecule has 0 aliphatic rings. The second-order valence-electron chi connectivity index (χ2n) is 10.1. The number of thiophene rings is 1. The molecule has 5 rings (SSSR count). The van der Waals surface area contributed by atoms with Crippen LogP contribution in [0.5, 0.6) is 11.5 Å². The Hall–Kier alpha value is -4.36. The van der Waals surface area contributed by atoms with Crippen molar-refractivity contribution in [2.45, 2.75) is 32.1 Å². The van der Waals surface area contributed by atoms with Gasteiger partial charge in [-0.1, -0.05) is 54.6 Å². The van der Waals surface area contributed by atoms with Crippen molar-refractivity contribution in [1.82, 2.24) is 5.32 Å². The number of aryl methyl sites for hydroxylation is 1. The van der Waals surface area contributed by atoms with Gasteiger partial charge in [0.05, 0.1) is 5.92 Å². The van der Waals surface area contributed by atoms with Crippen molar-refractivity contribution in [1.29, 1.82) is 0 Å². The number of rotatable bonds is 13. The van der Waals surface area contributed by atoms with Crippen molar-refractivity contribution >= 4 is 44.0 Å². The number of primary amides is 1. The zero-order valence-corrected chi connectivity index (χ0v) is 23.9. The minimum atomic E-state index is -0.329. The predicted molar refractivity (Wildman–Crippen MR) is 166 cm³/mol. The molecule has 0 aliphatic carbocycles. The van der Waals surface area contributed by atoms with Gasteiger partial charge in [-0.05, 0) is 87.8 Å². The average Bonchev–Trinajstić information content (AvgIpc) is 3.38. The monoisotopic (exact) mass is 566 g/mol. The summed E-state index contributed by atoms with van der Waals surface area (Å²) in [6, 6.07) is 28.2. The van der Waals surface area contributed by atoms with Crippen LogP contribution in [-0.2, 0) is 22.4 Å². The Balaban J connectivity index is 1.19. The van der Waals surface area contributed by atoms with Crippen LogP contribution in [0.1, 0.15) is 36.0 Å². The van der Waals surface area contributed by atoms with Gasteiger partial charge in [0.2, 0.25) is 11.8 Å². The summed E-state index contributed by atoms with van der Waals surface area (Å²) in [5, 5.41) is 8.39. The van der Waals surface area contributed by atoms with E-state index in [9.17, 15) is 9.59 Å². The highest BCUT2D eigenvalue weighted by atomic mass is 32.1. The molecule has 1 atom stereocenters. The minimum absolute atomic E-state index is 0.0176. The summed E-state index contributed by atoms with van der Waals surface area (Å²) in [4.78, 5) is 23.4. The molecule has 3 N–H and O–H groups in total. The molecule has 0 aliphatic heterocycles. The molecule has 4 aromatic carbocycles. The molecule has 0 radical (unpaired) electrons. The highest BCUT2D eigenvalue weighted by Gasteiger charge is 2.18. The molecular weight excluding hydrogens is 532 g/mol. The van der Waals surface area contributed by atoms with Crippen LogP contribution in [0.15, 0.2) is 90.3 Å². The van der Waals surface area contributed by atoms with Crippen LogP contribution in [-0.4, -0.2) is 31.6 Å². The highest BCUT2D eigenvalue weighted by molar-refractivity contribution is 7.17. The largest absolute Gasteiger partial charge is 0.490 e. The molecule has 1 heterocycles. The van der Waals surface area contributed by atoms with Crippen molar-refractivity contribution in [3.05, 3.63) is 107 Å². The van der Waals surface area contributed by atoms with E-state index in [2.05, 4.69) is 47.1 Å². The lowest BCUT2D eigenvalue weighted by atomic mass is 9.90. The first kappa shape index (κ1) is 28.2. The molecule has 1 unspecified atom stereocenters. The maximum absolute atomic E-state index is 12.2. The van der Waals surface area contributed by atoms with Gasteiger partial charge in [-0.3, -0.25) is 9.59 Å². The third-order valence-electron chi connectivity index (χ3n) is 7.21. The van der Waals surface area contributed by atoms with Crippen LogP contribution >= 0.6 is 11.3 Å². The summed E-state index contributed by atoms with van der Waals surface area (Å²) >= 11 is 1.70. The first-order valence-corrected chi connectivity index (χ1v) is 14.7. The van der Waals surface area contributed by atoms with E-state index < -0.39 is 0 Å². The Morgan fingerprint density at radius 2 is 1.56 bits per heavy atom. The van der Waals surface area contributed by atoms with Crippen LogP contribution in [0, 0.1) is 0 Å². The van der Waals surface area contributed by atoms with E-state index in [1.165, 1.54) is 17.2 Å². The van der Waals surface area contributed by atoms with Crippen LogP contribution in [0.2, 0.25) is 0 Å². The molecule has 0 bridgehead atoms. The molecule has 41 heavy (non-hydrogen) atoms. The zero-order valence-electron chi connectivity index (χ0n) is 23.1. The number of hydrogen-bond donors (Lipinski definition) is 2. The lowest BCUT2D eigenvalue weighted by Gasteiger charge is -2.15. The van der Waals surface area contributed by atoms with Crippen molar-refractivity contribution in [2.75, 3.05) is 19.8 Å². The van der Waals surface area contributed by atoms with Crippen LogP contribution in [0.25, 0.3) is 20.9 Å². The zero-order chi connectivity index (χ0) is 28.6. The Morgan fingerprint density at radius 1 is 0.829 bits per heavy atom. The second kappa shape index (κ2) is 13.3. The van der Waals surface area contributed by atoms with Crippen LogP contribution in [0.3, 0.4) is 0 Å². The molecule has 7 heteroatoms. The lowest BCUT2D eigenvalue weighted by molar-refractivity contribution is -0.120. The molecular formula is C34H34N2O4S. The Kier molecular flexibility index (Phi) is 9.16. The van der Waals surface area contributed by atoms with Gasteiger partial charge in [0.1, 0.15) is 24.7 Å². The lowest BCUT2D eigenvalue weighted by Crippen LogP contribution is -2.22. The van der Waals surface area contributed by atoms with Crippen LogP contribution in [0.4, 0.5) is 0 Å². The average molecular weight is 567 g/mol. The number of carbonyl (C=O) groups excluding carboxylic acids is 2. The third-order valence-corrected chi connectivity index (χ3v) is 8.22. The predicted octanol–water partition coefficient (Wildman–Crippen LogP) is 6.39. The van der Waals surface area contributed by atoms with E-state index in [1.54, 1.807) is 11.3 Å². The van der Waals surface area contributed by atoms with Crippen molar-refractivity contribution in [3.8, 4) is 11.5 Å². The molecule has 6 nitrogen and oxygen atoms in total. The maximum atomic E-state index is 12.2. The summed E-state index contributed by atoms with van der Waals surface area (Å²) in [7, 11) is 0. The fourth-order valence-corrected chi connectivity index (χ4v) is 6.10. The van der Waals surface area contributed by atoms with Gasteiger partial charge < -0.3 is 20.5 Å². The molecule has 0 saturated carbocycles. The van der Waals surface area contributed by atoms with Gasteiger partial charge >= 0.3 is 0 Å². The standard InChI is InChI=1S/C34H34N2O4S/c1-23(37)36-17-16-27-22-41-33-15-13-29(21-32(27)33)40-19-18-39-28-12-10-25-8-5-9-26(31(25)20-28)11-14-30(34(35)38)24-6-3-2-4-7-24/h2-10,12-13,15,20-22,30H,11,14,16-19H2,1H3,(H2,35,38)(H,36,37). The quantitative estimate of drug-likeness (QED) is 0.162. The summed E-state index contributed by atoms with van der Waals surface area (Å²) in [6.07, 6.45) is 2.15. The molecule has 5 aromatic rings. The number of carbonyl (C=O) groups is 2. The Morgan fingerprint density at radius 3 is 2.29 bits per heavy atom. The van der Waals surface area contributed by atoms with Gasteiger partial charge in [-0.2, -0.15) is 0 Å². The summed E-state index contributed by atoms with van der Waals surface area (Å²) in [5.41, 5.74) is 9.07. The normalized spacial score (nSPS) is 11.8. The van der Waals surface area contributed by atoms with Crippen molar-refractivity contribution in [2.24, 2.45) is 5.73 Å². The fourth-order valence-electron chi connectivity index (χ4n) is 5.12. The molecule has 0 saturated heterocycles. The topological polar surface area (TPSA) is 90.7 Å². The number of benzene rings is 4. The van der Waals surface area contributed by atoms with E-state index in [4.69, 9.17) is 15.2 Å². The van der Waals surface area contributed by atoms with E-state index in [1.807, 2.05) is 48.5 Å². The van der Waals surface area contributed by atoms with Gasteiger partial charge in [-0.15, -0.1) is 11.3 Å². The van der Waals surface area contributed by atoms with Crippen molar-refractivity contribution in [3.63, 3.8) is 0 Å². The number of fused-ring (bicyclic) bond motifs is 2. The van der Waals surface area contributed by atoms with Gasteiger partial charge in [0.25, 0.3) is 0 Å². The van der Waals surface area contributed by atoms with Gasteiger partial charge in [0.15, 0.2) is 0 Å². The number of amides is 2. The first-order valence-electron chi connectivity index (χ1n) is 13.8. The third kappa shape index (κ3) is 7.24. The molecule has 2 amide bonds. The minimum Gasteiger partial charge on any atom is -0.490 e. The number of nitrogens with two attached hydrogens (primary N) is 1. The number of nitrogens with one attached hydrogen (secondary N) is 1. The summed E-state index contributed by atoms with van der Waals surface area (Å²) < 4.78 is 13.3. The SMILES string of the molecule is CC(=O)NCCc1csc2ccc(OCCOc3ccc4cccc(CCC(C(N)=O)c5ccccc5)c4c3)cc12. The molecule has 0 fully saturated rings. The summed E-state index contributed by atoms with van der Waals surface area (Å²) in [5.74, 6) is 0.917. The van der Waals surface area contributed by atoms with E-state index in [0.717, 1.165) is 51.6 Å². The maximum Gasteiger partial charge on any atom is 0.224 e. The van der Waals surface area contributed by atoms with Gasteiger partial charge in [0, 0.05) is 18.2 Å². The smallest absolute Gasteiger partial charge is 0.224 e. The van der Waals surface area contributed by atoms with E-state index in [-0.39, 0.29) is 17.7 Å². The Bertz CT molecular complexity index is 1650. The number of ether oxygens (including phenoxy) is 2. The second-order valence-corrected chi connectivity index (χ2v) is 11.0.